The van der Waals surface area contributed by atoms with Crippen molar-refractivity contribution in [2.45, 2.75) is 0 Å². The number of aromatic amines is 1. The van der Waals surface area contributed by atoms with Gasteiger partial charge >= 0.3 is 0 Å². The number of H-pyrrole nitrogens is 1. The standard InChI is InChI=1S/C16H13N3O3/c20-16(15-11-3-1-2-4-12(11)18-19-15)17-10-5-6-13-14(9-10)22-8-7-21-13/h1-6,9H,7-8H2,(H,17,20)(H,18,19). The number of nitrogens with zero attached hydrogens (tertiary/aromatic N) is 1. The summed E-state index contributed by atoms with van der Waals surface area (Å²) in [6.07, 6.45) is 0. The van der Waals surface area contributed by atoms with Gasteiger partial charge in [0, 0.05) is 17.1 Å². The van der Waals surface area contributed by atoms with Crippen LogP contribution >= 0.6 is 0 Å². The minimum absolute atomic E-state index is 0.269. The molecule has 0 bridgehead atoms. The Balaban J connectivity index is 1.62. The van der Waals surface area contributed by atoms with Crippen molar-refractivity contribution in [3.8, 4) is 11.5 Å². The number of rotatable bonds is 2. The lowest BCUT2D eigenvalue weighted by atomic mass is 10.2. The van der Waals surface area contributed by atoms with Crippen LogP contribution in [0.3, 0.4) is 0 Å². The van der Waals surface area contributed by atoms with Crippen LogP contribution in [-0.4, -0.2) is 29.3 Å². The smallest absolute Gasteiger partial charge is 0.276 e. The van der Waals surface area contributed by atoms with Crippen molar-refractivity contribution in [1.29, 1.82) is 0 Å². The molecule has 6 nitrogen and oxygen atoms in total. The maximum atomic E-state index is 12.4. The summed E-state index contributed by atoms with van der Waals surface area (Å²) < 4.78 is 11.0. The summed E-state index contributed by atoms with van der Waals surface area (Å²) in [5.74, 6) is 1.06. The fourth-order valence-corrected chi connectivity index (χ4v) is 2.45. The zero-order valence-corrected chi connectivity index (χ0v) is 11.6. The number of benzene rings is 2. The molecule has 1 aromatic heterocycles. The molecule has 0 saturated carbocycles. The molecule has 1 aliphatic rings. The number of nitrogens with one attached hydrogen (secondary N) is 2. The second-order valence-corrected chi connectivity index (χ2v) is 4.93. The number of fused-ring (bicyclic) bond motifs is 2. The fourth-order valence-electron chi connectivity index (χ4n) is 2.45. The number of carbonyl (C=O) groups is 1. The van der Waals surface area contributed by atoms with E-state index in [1.165, 1.54) is 0 Å². The quantitative estimate of drug-likeness (QED) is 0.762. The highest BCUT2D eigenvalue weighted by atomic mass is 16.6. The molecule has 0 spiro atoms. The molecule has 0 atom stereocenters. The number of ether oxygens (including phenoxy) is 2. The van der Waals surface area contributed by atoms with Crippen LogP contribution in [0.25, 0.3) is 10.9 Å². The van der Waals surface area contributed by atoms with E-state index in [1.54, 1.807) is 18.2 Å². The van der Waals surface area contributed by atoms with Crippen LogP contribution < -0.4 is 14.8 Å². The van der Waals surface area contributed by atoms with Gasteiger partial charge in [0.15, 0.2) is 17.2 Å². The van der Waals surface area contributed by atoms with E-state index in [-0.39, 0.29) is 5.91 Å². The van der Waals surface area contributed by atoms with Crippen LogP contribution in [0.15, 0.2) is 42.5 Å². The van der Waals surface area contributed by atoms with Gasteiger partial charge in [0.1, 0.15) is 13.2 Å². The van der Waals surface area contributed by atoms with Gasteiger partial charge in [-0.2, -0.15) is 5.10 Å². The Hall–Kier alpha value is -3.02. The lowest BCUT2D eigenvalue weighted by Crippen LogP contribution is -2.16. The van der Waals surface area contributed by atoms with Crippen molar-refractivity contribution in [2.75, 3.05) is 18.5 Å². The van der Waals surface area contributed by atoms with Gasteiger partial charge < -0.3 is 14.8 Å². The predicted octanol–water partition coefficient (Wildman–Crippen LogP) is 2.59. The van der Waals surface area contributed by atoms with Crippen molar-refractivity contribution in [3.05, 3.63) is 48.2 Å². The highest BCUT2D eigenvalue weighted by molar-refractivity contribution is 6.11. The first-order valence-corrected chi connectivity index (χ1v) is 6.95. The van der Waals surface area contributed by atoms with Gasteiger partial charge in [0.25, 0.3) is 5.91 Å². The molecule has 1 aliphatic heterocycles. The molecule has 0 fully saturated rings. The number of carbonyl (C=O) groups excluding carboxylic acids is 1. The third-order valence-corrected chi connectivity index (χ3v) is 3.49. The Kier molecular flexibility index (Phi) is 2.93. The molecular formula is C16H13N3O3. The summed E-state index contributed by atoms with van der Waals surface area (Å²) in [4.78, 5) is 12.4. The van der Waals surface area contributed by atoms with Crippen molar-refractivity contribution in [3.63, 3.8) is 0 Å². The minimum atomic E-state index is -0.269. The van der Waals surface area contributed by atoms with Crippen LogP contribution in [0, 0.1) is 0 Å². The maximum Gasteiger partial charge on any atom is 0.276 e. The van der Waals surface area contributed by atoms with Gasteiger partial charge in [-0.3, -0.25) is 9.89 Å². The first-order valence-electron chi connectivity index (χ1n) is 6.95. The second-order valence-electron chi connectivity index (χ2n) is 4.93. The molecule has 0 aliphatic carbocycles. The van der Waals surface area contributed by atoms with E-state index in [0.717, 1.165) is 10.9 Å². The first-order chi connectivity index (χ1) is 10.8. The lowest BCUT2D eigenvalue weighted by Gasteiger charge is -2.18. The summed E-state index contributed by atoms with van der Waals surface area (Å²) in [6.45, 7) is 1.05. The van der Waals surface area contributed by atoms with Crippen molar-refractivity contribution in [2.24, 2.45) is 0 Å². The molecule has 110 valence electrons. The zero-order valence-electron chi connectivity index (χ0n) is 11.6. The second kappa shape index (κ2) is 5.07. The van der Waals surface area contributed by atoms with Gasteiger partial charge in [-0.05, 0) is 18.2 Å². The third-order valence-electron chi connectivity index (χ3n) is 3.49. The molecular weight excluding hydrogens is 282 g/mol. The van der Waals surface area contributed by atoms with Gasteiger partial charge in [-0.1, -0.05) is 18.2 Å². The molecule has 2 heterocycles. The van der Waals surface area contributed by atoms with E-state index >= 15 is 0 Å². The molecule has 0 saturated heterocycles. The Bertz CT molecular complexity index is 857. The number of para-hydroxylation sites is 1. The number of hydrogen-bond acceptors (Lipinski definition) is 4. The summed E-state index contributed by atoms with van der Waals surface area (Å²) in [6, 6.07) is 12.8. The monoisotopic (exact) mass is 295 g/mol. The number of hydrogen-bond donors (Lipinski definition) is 2. The molecule has 0 unspecified atom stereocenters. The highest BCUT2D eigenvalue weighted by Gasteiger charge is 2.16. The topological polar surface area (TPSA) is 76.2 Å². The molecule has 0 radical (unpaired) electrons. The van der Waals surface area contributed by atoms with Gasteiger partial charge in [-0.25, -0.2) is 0 Å². The normalized spacial score (nSPS) is 13.1. The van der Waals surface area contributed by atoms with E-state index in [4.69, 9.17) is 9.47 Å². The summed E-state index contributed by atoms with van der Waals surface area (Å²) in [5, 5.41) is 10.6. The van der Waals surface area contributed by atoms with E-state index in [1.807, 2.05) is 24.3 Å². The third kappa shape index (κ3) is 2.14. The average molecular weight is 295 g/mol. The van der Waals surface area contributed by atoms with Crippen LogP contribution in [0.2, 0.25) is 0 Å². The molecule has 2 aromatic carbocycles. The largest absolute Gasteiger partial charge is 0.486 e. The van der Waals surface area contributed by atoms with E-state index < -0.39 is 0 Å². The Morgan fingerprint density at radius 2 is 1.91 bits per heavy atom. The van der Waals surface area contributed by atoms with Gasteiger partial charge in [0.2, 0.25) is 0 Å². The maximum absolute atomic E-state index is 12.4. The summed E-state index contributed by atoms with van der Waals surface area (Å²) >= 11 is 0. The van der Waals surface area contributed by atoms with Crippen LogP contribution in [-0.2, 0) is 0 Å². The Labute approximate surface area is 126 Å². The summed E-state index contributed by atoms with van der Waals surface area (Å²) in [7, 11) is 0. The Morgan fingerprint density at radius 1 is 1.09 bits per heavy atom. The fraction of sp³-hybridized carbons (Fsp3) is 0.125. The van der Waals surface area contributed by atoms with Gasteiger partial charge in [-0.15, -0.1) is 0 Å². The molecule has 22 heavy (non-hydrogen) atoms. The molecule has 6 heteroatoms. The SMILES string of the molecule is O=C(Nc1ccc2c(c1)OCCO2)c1n[nH]c2ccccc12. The lowest BCUT2D eigenvalue weighted by molar-refractivity contribution is 0.102. The van der Waals surface area contributed by atoms with Crippen LogP contribution in [0.4, 0.5) is 5.69 Å². The molecule has 2 N–H and O–H groups in total. The van der Waals surface area contributed by atoms with Crippen molar-refractivity contribution < 1.29 is 14.3 Å². The van der Waals surface area contributed by atoms with E-state index in [2.05, 4.69) is 15.5 Å². The number of anilines is 1. The molecule has 3 aromatic rings. The number of aromatic nitrogens is 2. The Morgan fingerprint density at radius 3 is 2.82 bits per heavy atom. The molecule has 1 amide bonds. The van der Waals surface area contributed by atoms with Crippen molar-refractivity contribution in [1.82, 2.24) is 10.2 Å². The highest BCUT2D eigenvalue weighted by Crippen LogP contribution is 2.32. The van der Waals surface area contributed by atoms with Crippen molar-refractivity contribution >= 4 is 22.5 Å². The minimum Gasteiger partial charge on any atom is -0.486 e. The van der Waals surface area contributed by atoms with Gasteiger partial charge in [0.05, 0.1) is 5.52 Å². The van der Waals surface area contributed by atoms with E-state index in [0.29, 0.717) is 36.1 Å². The first kappa shape index (κ1) is 12.7. The van der Waals surface area contributed by atoms with Crippen LogP contribution in [0.5, 0.6) is 11.5 Å². The summed E-state index contributed by atoms with van der Waals surface area (Å²) in [5.41, 5.74) is 1.83. The predicted molar refractivity (Wildman–Crippen MR) is 81.5 cm³/mol. The van der Waals surface area contributed by atoms with E-state index in [9.17, 15) is 4.79 Å². The zero-order chi connectivity index (χ0) is 14.9. The number of amides is 1. The van der Waals surface area contributed by atoms with Crippen LogP contribution in [0.1, 0.15) is 10.5 Å². The average Bonchev–Trinajstić information content (AvgIpc) is 2.99. The molecule has 4 rings (SSSR count).